The molecule has 0 spiro atoms. The van der Waals surface area contributed by atoms with Gasteiger partial charge >= 0.3 is 5.97 Å². The summed E-state index contributed by atoms with van der Waals surface area (Å²) in [5.74, 6) is -0.466. The maximum Gasteiger partial charge on any atom is 0.303 e. The Bertz CT molecular complexity index is 505. The highest BCUT2D eigenvalue weighted by Gasteiger charge is 2.08. The first-order valence-corrected chi connectivity index (χ1v) is 7.80. The van der Waals surface area contributed by atoms with Crippen molar-refractivity contribution in [1.29, 1.82) is 0 Å². The molecule has 0 bridgehead atoms. The lowest BCUT2D eigenvalue weighted by Crippen LogP contribution is -2.26. The summed E-state index contributed by atoms with van der Waals surface area (Å²) < 4.78 is 5.72. The van der Waals surface area contributed by atoms with Crippen molar-refractivity contribution in [3.8, 4) is 5.75 Å². The summed E-state index contributed by atoms with van der Waals surface area (Å²) in [7, 11) is 0. The van der Waals surface area contributed by atoms with Crippen LogP contribution in [0.25, 0.3) is 0 Å². The van der Waals surface area contributed by atoms with Gasteiger partial charge in [0.15, 0.2) is 0 Å². The first kappa shape index (κ1) is 18.3. The summed E-state index contributed by atoms with van der Waals surface area (Å²) in [5, 5.41) is 11.8. The highest BCUT2D eigenvalue weighted by molar-refractivity contribution is 6.30. The Hall–Kier alpha value is -1.75. The highest BCUT2D eigenvalue weighted by Crippen LogP contribution is 2.23. The van der Waals surface area contributed by atoms with Crippen molar-refractivity contribution in [3.05, 3.63) is 28.8 Å². The third-order valence-electron chi connectivity index (χ3n) is 3.06. The number of hydrogen-bond donors (Lipinski definition) is 2. The molecular weight excluding hydrogens is 306 g/mol. The number of unbranched alkanes of at least 4 members (excludes halogenated alkanes) is 1. The van der Waals surface area contributed by atoms with Gasteiger partial charge in [0, 0.05) is 18.0 Å². The fourth-order valence-electron chi connectivity index (χ4n) is 1.86. The molecular formula is C16H22ClNO4. The van der Waals surface area contributed by atoms with Crippen LogP contribution in [0.5, 0.6) is 5.75 Å². The molecule has 0 aromatic heterocycles. The van der Waals surface area contributed by atoms with E-state index >= 15 is 0 Å². The van der Waals surface area contributed by atoms with Gasteiger partial charge in [-0.2, -0.15) is 0 Å². The fourth-order valence-corrected chi connectivity index (χ4v) is 2.05. The van der Waals surface area contributed by atoms with Crippen molar-refractivity contribution < 1.29 is 19.4 Å². The molecule has 1 aromatic rings. The van der Waals surface area contributed by atoms with Gasteiger partial charge in [-0.3, -0.25) is 9.59 Å². The average molecular weight is 328 g/mol. The topological polar surface area (TPSA) is 75.6 Å². The minimum atomic E-state index is -0.975. The van der Waals surface area contributed by atoms with Crippen LogP contribution in [0.15, 0.2) is 18.2 Å². The van der Waals surface area contributed by atoms with Crippen LogP contribution in [-0.2, 0) is 16.0 Å². The molecule has 0 heterocycles. The predicted octanol–water partition coefficient (Wildman–Crippen LogP) is 3.04. The van der Waals surface area contributed by atoms with Gasteiger partial charge in [-0.25, -0.2) is 0 Å². The maximum atomic E-state index is 11.5. The van der Waals surface area contributed by atoms with E-state index in [1.807, 2.05) is 12.1 Å². The molecule has 22 heavy (non-hydrogen) atoms. The zero-order valence-electron chi connectivity index (χ0n) is 12.7. The Morgan fingerprint density at radius 1 is 1.32 bits per heavy atom. The summed E-state index contributed by atoms with van der Waals surface area (Å²) >= 11 is 6.00. The van der Waals surface area contributed by atoms with Crippen LogP contribution >= 0.6 is 11.6 Å². The standard InChI is InChI=1S/C16H22ClNO4/c1-2-3-10-22-14-5-4-13(17)11-12(14)8-9-18-15(19)6-7-16(20)21/h4-5,11H,2-3,6-10H2,1H3,(H,18,19)(H,20,21). The lowest BCUT2D eigenvalue weighted by molar-refractivity contribution is -0.138. The van der Waals surface area contributed by atoms with Crippen molar-refractivity contribution in [2.75, 3.05) is 13.2 Å². The second kappa shape index (κ2) is 10.1. The number of benzene rings is 1. The van der Waals surface area contributed by atoms with Gasteiger partial charge in [-0.05, 0) is 36.6 Å². The number of amides is 1. The van der Waals surface area contributed by atoms with Gasteiger partial charge in [-0.1, -0.05) is 24.9 Å². The van der Waals surface area contributed by atoms with E-state index in [9.17, 15) is 9.59 Å². The van der Waals surface area contributed by atoms with Gasteiger partial charge in [0.1, 0.15) is 5.75 Å². The van der Waals surface area contributed by atoms with Crippen LogP contribution in [0.4, 0.5) is 0 Å². The van der Waals surface area contributed by atoms with Crippen LogP contribution in [0, 0.1) is 0 Å². The number of ether oxygens (including phenoxy) is 1. The molecule has 122 valence electrons. The number of carboxylic acid groups (broad SMARTS) is 1. The molecule has 0 fully saturated rings. The lowest BCUT2D eigenvalue weighted by Gasteiger charge is -2.12. The van der Waals surface area contributed by atoms with E-state index in [0.717, 1.165) is 24.2 Å². The molecule has 0 atom stereocenters. The van der Waals surface area contributed by atoms with E-state index in [1.165, 1.54) is 0 Å². The van der Waals surface area contributed by atoms with Gasteiger partial charge in [0.05, 0.1) is 13.0 Å². The van der Waals surface area contributed by atoms with Gasteiger partial charge < -0.3 is 15.2 Å². The molecule has 0 radical (unpaired) electrons. The van der Waals surface area contributed by atoms with E-state index in [1.54, 1.807) is 6.07 Å². The maximum absolute atomic E-state index is 11.5. The number of hydrogen-bond acceptors (Lipinski definition) is 3. The minimum Gasteiger partial charge on any atom is -0.493 e. The normalized spacial score (nSPS) is 10.3. The van der Waals surface area contributed by atoms with Crippen molar-refractivity contribution in [2.45, 2.75) is 39.0 Å². The summed E-state index contributed by atoms with van der Waals surface area (Å²) in [4.78, 5) is 21.9. The number of halogens is 1. The second-order valence-corrected chi connectivity index (χ2v) is 5.38. The molecule has 2 N–H and O–H groups in total. The number of aliphatic carboxylic acids is 1. The average Bonchev–Trinajstić information content (AvgIpc) is 2.47. The molecule has 5 nitrogen and oxygen atoms in total. The zero-order chi connectivity index (χ0) is 16.4. The van der Waals surface area contributed by atoms with Crippen molar-refractivity contribution >= 4 is 23.5 Å². The number of rotatable bonds is 10. The van der Waals surface area contributed by atoms with E-state index < -0.39 is 5.97 Å². The molecule has 1 aromatic carbocycles. The minimum absolute atomic E-state index is 0.00919. The number of carbonyl (C=O) groups excluding carboxylic acids is 1. The Morgan fingerprint density at radius 3 is 2.77 bits per heavy atom. The number of carbonyl (C=O) groups is 2. The van der Waals surface area contributed by atoms with Gasteiger partial charge in [-0.15, -0.1) is 0 Å². The van der Waals surface area contributed by atoms with E-state index in [4.69, 9.17) is 21.4 Å². The lowest BCUT2D eigenvalue weighted by atomic mass is 10.1. The first-order chi connectivity index (χ1) is 10.5. The van der Waals surface area contributed by atoms with Crippen LogP contribution in [0.2, 0.25) is 5.02 Å². The van der Waals surface area contributed by atoms with E-state index in [0.29, 0.717) is 24.6 Å². The second-order valence-electron chi connectivity index (χ2n) is 4.95. The first-order valence-electron chi connectivity index (χ1n) is 7.42. The summed E-state index contributed by atoms with van der Waals surface area (Å²) in [6.45, 7) is 3.16. The molecule has 0 unspecified atom stereocenters. The third kappa shape index (κ3) is 7.31. The van der Waals surface area contributed by atoms with Crippen LogP contribution < -0.4 is 10.1 Å². The quantitative estimate of drug-likeness (QED) is 0.648. The molecule has 0 aliphatic heterocycles. The zero-order valence-corrected chi connectivity index (χ0v) is 13.5. The summed E-state index contributed by atoms with van der Waals surface area (Å²) in [6.07, 6.45) is 2.45. The molecule has 1 rings (SSSR count). The van der Waals surface area contributed by atoms with Crippen LogP contribution in [-0.4, -0.2) is 30.1 Å². The third-order valence-corrected chi connectivity index (χ3v) is 3.30. The molecule has 1 amide bonds. The molecule has 0 saturated carbocycles. The smallest absolute Gasteiger partial charge is 0.303 e. The summed E-state index contributed by atoms with van der Waals surface area (Å²) in [5.41, 5.74) is 0.933. The van der Waals surface area contributed by atoms with Gasteiger partial charge in [0.2, 0.25) is 5.91 Å². The Labute approximate surface area is 135 Å². The Balaban J connectivity index is 2.47. The molecule has 6 heteroatoms. The largest absolute Gasteiger partial charge is 0.493 e. The van der Waals surface area contributed by atoms with Crippen molar-refractivity contribution in [1.82, 2.24) is 5.32 Å². The molecule has 0 aliphatic rings. The van der Waals surface area contributed by atoms with Crippen molar-refractivity contribution in [3.63, 3.8) is 0 Å². The fraction of sp³-hybridized carbons (Fsp3) is 0.500. The van der Waals surface area contributed by atoms with E-state index in [2.05, 4.69) is 12.2 Å². The number of nitrogens with one attached hydrogen (secondary N) is 1. The van der Waals surface area contributed by atoms with Gasteiger partial charge in [0.25, 0.3) is 0 Å². The summed E-state index contributed by atoms with van der Waals surface area (Å²) in [6, 6.07) is 5.43. The Kier molecular flexibility index (Phi) is 8.36. The molecule has 0 aliphatic carbocycles. The predicted molar refractivity (Wildman–Crippen MR) is 85.4 cm³/mol. The Morgan fingerprint density at radius 2 is 2.09 bits per heavy atom. The van der Waals surface area contributed by atoms with Crippen LogP contribution in [0.3, 0.4) is 0 Å². The van der Waals surface area contributed by atoms with Crippen LogP contribution in [0.1, 0.15) is 38.2 Å². The van der Waals surface area contributed by atoms with Crippen molar-refractivity contribution in [2.24, 2.45) is 0 Å². The monoisotopic (exact) mass is 327 g/mol. The SMILES string of the molecule is CCCCOc1ccc(Cl)cc1CCNC(=O)CCC(=O)O. The number of carboxylic acids is 1. The van der Waals surface area contributed by atoms with E-state index in [-0.39, 0.29) is 18.7 Å². The highest BCUT2D eigenvalue weighted by atomic mass is 35.5. The molecule has 0 saturated heterocycles.